The molecule has 0 unspecified atom stereocenters. The summed E-state index contributed by atoms with van der Waals surface area (Å²) in [4.78, 5) is 10.9. The van der Waals surface area contributed by atoms with Crippen molar-refractivity contribution < 1.29 is 4.42 Å². The Kier molecular flexibility index (Phi) is 4.96. The van der Waals surface area contributed by atoms with E-state index in [0.29, 0.717) is 5.95 Å². The fraction of sp³-hybridized carbons (Fsp3) is 0. The molecule has 0 saturated heterocycles. The minimum Gasteiger partial charge on any atom is -0.454 e. The first-order valence-electron chi connectivity index (χ1n) is 15.8. The van der Waals surface area contributed by atoms with Gasteiger partial charge in [-0.05, 0) is 28.3 Å². The average molecular weight is 618 g/mol. The minimum atomic E-state index is 0.633. The highest BCUT2D eigenvalue weighted by Gasteiger charge is 2.26. The third-order valence-corrected chi connectivity index (χ3v) is 10.8. The number of furan rings is 1. The lowest BCUT2D eigenvalue weighted by Gasteiger charge is -2.12. The van der Waals surface area contributed by atoms with Crippen LogP contribution in [0.4, 0.5) is 0 Å². The number of nitrogens with zero attached hydrogens (tertiary/aromatic N) is 3. The van der Waals surface area contributed by atoms with Crippen LogP contribution in [-0.2, 0) is 0 Å². The maximum absolute atomic E-state index is 6.86. The lowest BCUT2D eigenvalue weighted by Crippen LogP contribution is -2.03. The molecule has 0 amide bonds. The molecule has 0 bridgehead atoms. The molecule has 11 rings (SSSR count). The van der Waals surface area contributed by atoms with Crippen LogP contribution in [0.25, 0.3) is 103 Å². The van der Waals surface area contributed by atoms with Gasteiger partial charge in [0.2, 0.25) is 5.95 Å². The molecule has 5 heteroatoms. The van der Waals surface area contributed by atoms with Crippen molar-refractivity contribution in [1.82, 2.24) is 14.5 Å². The largest absolute Gasteiger partial charge is 0.454 e. The van der Waals surface area contributed by atoms with Crippen molar-refractivity contribution >= 4 is 96.9 Å². The first kappa shape index (κ1) is 25.2. The van der Waals surface area contributed by atoms with Gasteiger partial charge in [0.05, 0.1) is 21.4 Å². The SMILES string of the molecule is c1ccc(-c2nc(-n3c4c5ccccc5ccc4c4c5ccccc5c5c6ccccc6oc5c43)nc3c2sc2ccccc23)cc1. The molecule has 47 heavy (non-hydrogen) atoms. The second-order valence-electron chi connectivity index (χ2n) is 12.1. The number of fused-ring (bicyclic) bond motifs is 15. The van der Waals surface area contributed by atoms with E-state index < -0.39 is 0 Å². The van der Waals surface area contributed by atoms with Gasteiger partial charge in [0.25, 0.3) is 0 Å². The summed E-state index contributed by atoms with van der Waals surface area (Å²) in [6.07, 6.45) is 0. The molecule has 0 aliphatic rings. The molecule has 4 aromatic heterocycles. The van der Waals surface area contributed by atoms with Crippen molar-refractivity contribution in [2.75, 3.05) is 0 Å². The van der Waals surface area contributed by atoms with Crippen molar-refractivity contribution in [1.29, 1.82) is 0 Å². The van der Waals surface area contributed by atoms with Gasteiger partial charge in [0, 0.05) is 42.6 Å². The molecule has 0 aliphatic heterocycles. The van der Waals surface area contributed by atoms with Gasteiger partial charge < -0.3 is 4.42 Å². The maximum Gasteiger partial charge on any atom is 0.236 e. The van der Waals surface area contributed by atoms with Crippen LogP contribution in [0.3, 0.4) is 0 Å². The number of rotatable bonds is 2. The third kappa shape index (κ3) is 3.36. The number of hydrogen-bond donors (Lipinski definition) is 0. The van der Waals surface area contributed by atoms with Crippen molar-refractivity contribution in [2.24, 2.45) is 0 Å². The minimum absolute atomic E-state index is 0.633. The number of hydrogen-bond acceptors (Lipinski definition) is 4. The van der Waals surface area contributed by atoms with Crippen LogP contribution >= 0.6 is 11.3 Å². The Morgan fingerprint density at radius 3 is 2.04 bits per heavy atom. The highest BCUT2D eigenvalue weighted by Crippen LogP contribution is 2.47. The zero-order chi connectivity index (χ0) is 30.6. The van der Waals surface area contributed by atoms with Gasteiger partial charge in [-0.2, -0.15) is 0 Å². The number of benzene rings is 7. The molecule has 0 N–H and O–H groups in total. The number of thiophene rings is 1. The van der Waals surface area contributed by atoms with Crippen molar-refractivity contribution in [3.05, 3.63) is 140 Å². The molecule has 4 heterocycles. The van der Waals surface area contributed by atoms with E-state index in [2.05, 4.69) is 138 Å². The molecule has 0 radical (unpaired) electrons. The van der Waals surface area contributed by atoms with E-state index in [0.717, 1.165) is 76.0 Å². The summed E-state index contributed by atoms with van der Waals surface area (Å²) in [7, 11) is 0. The second kappa shape index (κ2) is 9.25. The van der Waals surface area contributed by atoms with E-state index in [9.17, 15) is 0 Å². The van der Waals surface area contributed by atoms with Crippen molar-refractivity contribution in [2.45, 2.75) is 0 Å². The standard InChI is InChI=1S/C42H23N3OS/c1-2-13-25(14-3-1)36-41-37(30-19-9-11-21-33(30)47-41)44-42(43-36)45-38-26-15-5-4-12-24(26)22-23-31(38)34-27-16-6-7-17-28(27)35-29-18-8-10-20-32(29)46-40(35)39(34)45/h1-23H. The molecule has 0 spiro atoms. The third-order valence-electron chi connectivity index (χ3n) is 9.59. The van der Waals surface area contributed by atoms with Gasteiger partial charge in [-0.3, -0.25) is 4.57 Å². The van der Waals surface area contributed by atoms with Crippen LogP contribution in [0, 0.1) is 0 Å². The van der Waals surface area contributed by atoms with Gasteiger partial charge in [-0.15, -0.1) is 11.3 Å². The smallest absolute Gasteiger partial charge is 0.236 e. The lowest BCUT2D eigenvalue weighted by atomic mass is 9.98. The fourth-order valence-electron chi connectivity index (χ4n) is 7.61. The average Bonchev–Trinajstić information content (AvgIpc) is 3.82. The Labute approximate surface area is 271 Å². The highest BCUT2D eigenvalue weighted by molar-refractivity contribution is 7.26. The van der Waals surface area contributed by atoms with Crippen LogP contribution in [0.2, 0.25) is 0 Å². The monoisotopic (exact) mass is 617 g/mol. The molecule has 0 aliphatic carbocycles. The predicted molar refractivity (Wildman–Crippen MR) is 197 cm³/mol. The molecular formula is C42H23N3OS. The van der Waals surface area contributed by atoms with E-state index in [1.165, 1.54) is 20.9 Å². The van der Waals surface area contributed by atoms with Crippen LogP contribution in [0.15, 0.2) is 144 Å². The van der Waals surface area contributed by atoms with Crippen LogP contribution in [0.5, 0.6) is 0 Å². The van der Waals surface area contributed by atoms with E-state index in [1.54, 1.807) is 11.3 Å². The normalized spacial score (nSPS) is 12.3. The second-order valence-corrected chi connectivity index (χ2v) is 13.2. The summed E-state index contributed by atoms with van der Waals surface area (Å²) in [6.45, 7) is 0. The predicted octanol–water partition coefficient (Wildman–Crippen LogP) is 11.8. The quantitative estimate of drug-likeness (QED) is 0.194. The topological polar surface area (TPSA) is 43.9 Å². The van der Waals surface area contributed by atoms with E-state index in [1.807, 2.05) is 6.07 Å². The number of aromatic nitrogens is 3. The summed E-state index contributed by atoms with van der Waals surface area (Å²) in [5.74, 6) is 0.633. The molecule has 0 saturated carbocycles. The van der Waals surface area contributed by atoms with Crippen LogP contribution in [0.1, 0.15) is 0 Å². The summed E-state index contributed by atoms with van der Waals surface area (Å²) in [5, 5.41) is 10.3. The van der Waals surface area contributed by atoms with Gasteiger partial charge in [0.15, 0.2) is 5.58 Å². The first-order valence-corrected chi connectivity index (χ1v) is 16.6. The Hall–Kier alpha value is -6.04. The van der Waals surface area contributed by atoms with Crippen molar-refractivity contribution in [3.8, 4) is 17.2 Å². The maximum atomic E-state index is 6.86. The Morgan fingerprint density at radius 1 is 0.511 bits per heavy atom. The number of para-hydroxylation sites is 1. The van der Waals surface area contributed by atoms with Gasteiger partial charge >= 0.3 is 0 Å². The van der Waals surface area contributed by atoms with Gasteiger partial charge in [-0.25, -0.2) is 9.97 Å². The summed E-state index contributed by atoms with van der Waals surface area (Å²) < 4.78 is 11.4. The fourth-order valence-corrected chi connectivity index (χ4v) is 8.76. The molecule has 11 aromatic rings. The summed E-state index contributed by atoms with van der Waals surface area (Å²) in [6, 6.07) is 49.2. The van der Waals surface area contributed by atoms with Crippen LogP contribution in [-0.4, -0.2) is 14.5 Å². The van der Waals surface area contributed by atoms with E-state index >= 15 is 0 Å². The molecule has 218 valence electrons. The summed E-state index contributed by atoms with van der Waals surface area (Å²) in [5.41, 5.74) is 6.74. The first-order chi connectivity index (χ1) is 23.3. The zero-order valence-corrected chi connectivity index (χ0v) is 25.8. The summed E-state index contributed by atoms with van der Waals surface area (Å²) >= 11 is 1.75. The Morgan fingerprint density at radius 2 is 1.19 bits per heavy atom. The van der Waals surface area contributed by atoms with Crippen molar-refractivity contribution in [3.63, 3.8) is 0 Å². The van der Waals surface area contributed by atoms with E-state index in [4.69, 9.17) is 14.4 Å². The van der Waals surface area contributed by atoms with Gasteiger partial charge in [0.1, 0.15) is 11.1 Å². The molecule has 7 aromatic carbocycles. The van der Waals surface area contributed by atoms with Gasteiger partial charge in [-0.1, -0.05) is 127 Å². The molecule has 4 nitrogen and oxygen atoms in total. The molecule has 0 atom stereocenters. The lowest BCUT2D eigenvalue weighted by molar-refractivity contribution is 0.671. The van der Waals surface area contributed by atoms with Crippen LogP contribution < -0.4 is 0 Å². The molecular weight excluding hydrogens is 595 g/mol. The highest BCUT2D eigenvalue weighted by atomic mass is 32.1. The van der Waals surface area contributed by atoms with E-state index in [-0.39, 0.29) is 0 Å². The zero-order valence-electron chi connectivity index (χ0n) is 24.9. The Balaban J connectivity index is 1.44. The Bertz CT molecular complexity index is 3080. The molecule has 0 fully saturated rings.